The highest BCUT2D eigenvalue weighted by Gasteiger charge is 2.31. The molecule has 1 atom stereocenters. The Bertz CT molecular complexity index is 363. The fourth-order valence-corrected chi connectivity index (χ4v) is 2.07. The molecule has 0 amide bonds. The van der Waals surface area contributed by atoms with Crippen LogP contribution in [-0.2, 0) is 0 Å². The molecular formula is C13H18FNO. The summed E-state index contributed by atoms with van der Waals surface area (Å²) in [5.74, 6) is 0.497. The Labute approximate surface area is 95.5 Å². The predicted octanol–water partition coefficient (Wildman–Crippen LogP) is 2.17. The summed E-state index contributed by atoms with van der Waals surface area (Å²) < 4.78 is 13.2. The van der Waals surface area contributed by atoms with E-state index in [0.29, 0.717) is 18.0 Å². The van der Waals surface area contributed by atoms with Gasteiger partial charge in [-0.15, -0.1) is 0 Å². The normalized spacial score (nSPS) is 17.4. The van der Waals surface area contributed by atoms with Crippen molar-refractivity contribution in [1.29, 1.82) is 0 Å². The molecule has 0 heterocycles. The maximum absolute atomic E-state index is 13.2. The Morgan fingerprint density at radius 1 is 1.50 bits per heavy atom. The third-order valence-electron chi connectivity index (χ3n) is 3.11. The molecule has 88 valence electrons. The lowest BCUT2D eigenvalue weighted by Crippen LogP contribution is -2.26. The van der Waals surface area contributed by atoms with Crippen molar-refractivity contribution < 1.29 is 9.50 Å². The lowest BCUT2D eigenvalue weighted by Gasteiger charge is -2.18. The number of hydrogen-bond acceptors (Lipinski definition) is 2. The number of aliphatic hydroxyl groups excluding tert-OH is 1. The van der Waals surface area contributed by atoms with Crippen LogP contribution in [0, 0.1) is 18.7 Å². The quantitative estimate of drug-likeness (QED) is 0.801. The molecule has 1 aromatic carbocycles. The van der Waals surface area contributed by atoms with Gasteiger partial charge in [-0.25, -0.2) is 4.39 Å². The summed E-state index contributed by atoms with van der Waals surface area (Å²) >= 11 is 0. The average Bonchev–Trinajstić information content (AvgIpc) is 3.08. The largest absolute Gasteiger partial charge is 0.395 e. The molecule has 0 spiro atoms. The molecule has 1 aromatic rings. The van der Waals surface area contributed by atoms with Gasteiger partial charge in [0.1, 0.15) is 5.82 Å². The van der Waals surface area contributed by atoms with Gasteiger partial charge in [-0.1, -0.05) is 12.1 Å². The van der Waals surface area contributed by atoms with E-state index in [1.807, 2.05) is 12.1 Å². The Balaban J connectivity index is 2.14. The first kappa shape index (κ1) is 11.6. The van der Waals surface area contributed by atoms with Crippen molar-refractivity contribution in [2.75, 3.05) is 13.2 Å². The number of aliphatic hydroxyl groups is 1. The van der Waals surface area contributed by atoms with Crippen LogP contribution < -0.4 is 5.32 Å². The molecule has 2 nitrogen and oxygen atoms in total. The van der Waals surface area contributed by atoms with Gasteiger partial charge in [0, 0.05) is 12.6 Å². The van der Waals surface area contributed by atoms with Crippen molar-refractivity contribution in [3.63, 3.8) is 0 Å². The minimum absolute atomic E-state index is 0.142. The highest BCUT2D eigenvalue weighted by atomic mass is 19.1. The number of benzene rings is 1. The van der Waals surface area contributed by atoms with E-state index in [4.69, 9.17) is 5.11 Å². The first-order valence-electron chi connectivity index (χ1n) is 5.82. The SMILES string of the molecule is Cc1cc(C(NCCO)C2CC2)ccc1F. The van der Waals surface area contributed by atoms with Crippen LogP contribution in [0.4, 0.5) is 4.39 Å². The maximum atomic E-state index is 13.2. The van der Waals surface area contributed by atoms with Gasteiger partial charge in [0.05, 0.1) is 6.61 Å². The van der Waals surface area contributed by atoms with Gasteiger partial charge in [0.2, 0.25) is 0 Å². The molecule has 1 aliphatic rings. The van der Waals surface area contributed by atoms with Crippen LogP contribution in [-0.4, -0.2) is 18.3 Å². The predicted molar refractivity (Wildman–Crippen MR) is 61.7 cm³/mol. The second-order valence-electron chi connectivity index (χ2n) is 4.50. The number of halogens is 1. The summed E-state index contributed by atoms with van der Waals surface area (Å²) in [5.41, 5.74) is 1.82. The van der Waals surface area contributed by atoms with E-state index in [1.54, 1.807) is 6.92 Å². The molecule has 0 radical (unpaired) electrons. The molecule has 2 rings (SSSR count). The fourth-order valence-electron chi connectivity index (χ4n) is 2.07. The van der Waals surface area contributed by atoms with Gasteiger partial charge in [-0.05, 0) is 42.9 Å². The summed E-state index contributed by atoms with van der Waals surface area (Å²) in [7, 11) is 0. The zero-order chi connectivity index (χ0) is 11.5. The van der Waals surface area contributed by atoms with E-state index >= 15 is 0 Å². The van der Waals surface area contributed by atoms with Crippen molar-refractivity contribution >= 4 is 0 Å². The molecule has 0 aromatic heterocycles. The molecule has 0 saturated heterocycles. The van der Waals surface area contributed by atoms with Crippen LogP contribution in [0.5, 0.6) is 0 Å². The highest BCUT2D eigenvalue weighted by Crippen LogP contribution is 2.41. The summed E-state index contributed by atoms with van der Waals surface area (Å²) in [6.07, 6.45) is 2.44. The van der Waals surface area contributed by atoms with Gasteiger partial charge in [-0.2, -0.15) is 0 Å². The molecule has 16 heavy (non-hydrogen) atoms. The second kappa shape index (κ2) is 4.93. The first-order valence-corrected chi connectivity index (χ1v) is 5.82. The summed E-state index contributed by atoms with van der Waals surface area (Å²) in [6, 6.07) is 5.55. The zero-order valence-electron chi connectivity index (χ0n) is 9.54. The minimum atomic E-state index is -0.152. The number of rotatable bonds is 5. The molecule has 3 heteroatoms. The van der Waals surface area contributed by atoms with Crippen LogP contribution >= 0.6 is 0 Å². The summed E-state index contributed by atoms with van der Waals surface area (Å²) in [4.78, 5) is 0. The molecule has 1 fully saturated rings. The molecule has 1 unspecified atom stereocenters. The monoisotopic (exact) mass is 223 g/mol. The average molecular weight is 223 g/mol. The van der Waals surface area contributed by atoms with Crippen LogP contribution in [0.15, 0.2) is 18.2 Å². The van der Waals surface area contributed by atoms with Crippen LogP contribution in [0.2, 0.25) is 0 Å². The summed E-state index contributed by atoms with van der Waals surface area (Å²) in [5, 5.41) is 12.2. The maximum Gasteiger partial charge on any atom is 0.126 e. The number of aryl methyl sites for hydroxylation is 1. The van der Waals surface area contributed by atoms with Gasteiger partial charge < -0.3 is 10.4 Å². The van der Waals surface area contributed by atoms with E-state index < -0.39 is 0 Å². The van der Waals surface area contributed by atoms with E-state index in [0.717, 1.165) is 5.56 Å². The van der Waals surface area contributed by atoms with E-state index in [1.165, 1.54) is 18.9 Å². The van der Waals surface area contributed by atoms with E-state index in [-0.39, 0.29) is 18.5 Å². The molecule has 1 saturated carbocycles. The van der Waals surface area contributed by atoms with Crippen molar-refractivity contribution in [3.05, 3.63) is 35.1 Å². The third kappa shape index (κ3) is 2.60. The molecular weight excluding hydrogens is 205 g/mol. The fraction of sp³-hybridized carbons (Fsp3) is 0.538. The molecule has 1 aliphatic carbocycles. The zero-order valence-corrected chi connectivity index (χ0v) is 9.54. The second-order valence-corrected chi connectivity index (χ2v) is 4.50. The van der Waals surface area contributed by atoms with Crippen LogP contribution in [0.1, 0.15) is 30.0 Å². The highest BCUT2D eigenvalue weighted by molar-refractivity contribution is 5.27. The Kier molecular flexibility index (Phi) is 3.56. The number of nitrogens with one attached hydrogen (secondary N) is 1. The van der Waals surface area contributed by atoms with Crippen LogP contribution in [0.25, 0.3) is 0 Å². The Morgan fingerprint density at radius 3 is 2.81 bits per heavy atom. The first-order chi connectivity index (χ1) is 7.72. The van der Waals surface area contributed by atoms with E-state index in [9.17, 15) is 4.39 Å². The summed E-state index contributed by atoms with van der Waals surface area (Å²) in [6.45, 7) is 2.52. The topological polar surface area (TPSA) is 32.3 Å². The molecule has 2 N–H and O–H groups in total. The van der Waals surface area contributed by atoms with E-state index in [2.05, 4.69) is 5.32 Å². The lowest BCUT2D eigenvalue weighted by atomic mass is 10.00. The standard InChI is InChI=1S/C13H18FNO/c1-9-8-11(4-5-12(9)14)13(10-2-3-10)15-6-7-16/h4-5,8,10,13,15-16H,2-3,6-7H2,1H3. The van der Waals surface area contributed by atoms with Crippen LogP contribution in [0.3, 0.4) is 0 Å². The Morgan fingerprint density at radius 2 is 2.25 bits per heavy atom. The van der Waals surface area contributed by atoms with Crippen molar-refractivity contribution in [2.24, 2.45) is 5.92 Å². The Hall–Kier alpha value is -0.930. The number of hydrogen-bond donors (Lipinski definition) is 2. The van der Waals surface area contributed by atoms with Gasteiger partial charge in [-0.3, -0.25) is 0 Å². The minimum Gasteiger partial charge on any atom is -0.395 e. The third-order valence-corrected chi connectivity index (χ3v) is 3.11. The van der Waals surface area contributed by atoms with Crippen molar-refractivity contribution in [1.82, 2.24) is 5.32 Å². The molecule has 0 aliphatic heterocycles. The van der Waals surface area contributed by atoms with Gasteiger partial charge in [0.25, 0.3) is 0 Å². The van der Waals surface area contributed by atoms with Gasteiger partial charge >= 0.3 is 0 Å². The van der Waals surface area contributed by atoms with Crippen molar-refractivity contribution in [2.45, 2.75) is 25.8 Å². The van der Waals surface area contributed by atoms with Gasteiger partial charge in [0.15, 0.2) is 0 Å². The lowest BCUT2D eigenvalue weighted by molar-refractivity contribution is 0.280. The smallest absolute Gasteiger partial charge is 0.126 e. The van der Waals surface area contributed by atoms with Crippen molar-refractivity contribution in [3.8, 4) is 0 Å². The molecule has 0 bridgehead atoms.